The summed E-state index contributed by atoms with van der Waals surface area (Å²) in [4.78, 5) is 0. The van der Waals surface area contributed by atoms with E-state index in [0.29, 0.717) is 6.04 Å². The summed E-state index contributed by atoms with van der Waals surface area (Å²) >= 11 is 0. The molecule has 1 unspecified atom stereocenters. The summed E-state index contributed by atoms with van der Waals surface area (Å²) in [6.07, 6.45) is 5.96. The minimum atomic E-state index is 0.662. The molecule has 1 saturated carbocycles. The van der Waals surface area contributed by atoms with Crippen LogP contribution < -0.4 is 5.32 Å². The average molecular weight is 207 g/mol. The van der Waals surface area contributed by atoms with Crippen LogP contribution in [0.15, 0.2) is 6.20 Å². The number of hydrogen-bond donors (Lipinski definition) is 1. The molecule has 0 spiro atoms. The molecule has 1 aromatic heterocycles. The van der Waals surface area contributed by atoms with Crippen LogP contribution in [0.3, 0.4) is 0 Å². The minimum absolute atomic E-state index is 0.662. The van der Waals surface area contributed by atoms with Gasteiger partial charge in [0.05, 0.1) is 5.69 Å². The molecule has 1 atom stereocenters. The van der Waals surface area contributed by atoms with Crippen LogP contribution in [0.25, 0.3) is 0 Å². The smallest absolute Gasteiger partial charge is 0.0666 e. The maximum Gasteiger partial charge on any atom is 0.0666 e. The van der Waals surface area contributed by atoms with Crippen molar-refractivity contribution in [3.8, 4) is 0 Å². The summed E-state index contributed by atoms with van der Waals surface area (Å²) in [6, 6.07) is 0.662. The topological polar surface area (TPSA) is 29.9 Å². The lowest BCUT2D eigenvalue weighted by atomic mass is 10.1. The average Bonchev–Trinajstić information content (AvgIpc) is 2.99. The number of rotatable bonds is 5. The van der Waals surface area contributed by atoms with Gasteiger partial charge in [0.1, 0.15) is 0 Å². The normalized spacial score (nSPS) is 18.1. The lowest BCUT2D eigenvalue weighted by Crippen LogP contribution is -2.27. The van der Waals surface area contributed by atoms with Crippen LogP contribution in [0.5, 0.6) is 0 Å². The molecular formula is C12H21N3. The van der Waals surface area contributed by atoms with Crippen LogP contribution in [0.1, 0.15) is 37.9 Å². The number of hydrogen-bond acceptors (Lipinski definition) is 2. The van der Waals surface area contributed by atoms with Crippen molar-refractivity contribution in [2.24, 2.45) is 13.0 Å². The fraction of sp³-hybridized carbons (Fsp3) is 0.750. The van der Waals surface area contributed by atoms with E-state index in [1.165, 1.54) is 24.1 Å². The van der Waals surface area contributed by atoms with Gasteiger partial charge in [0, 0.05) is 31.4 Å². The van der Waals surface area contributed by atoms with E-state index in [9.17, 15) is 0 Å². The molecule has 1 aromatic rings. The summed E-state index contributed by atoms with van der Waals surface area (Å²) < 4.78 is 1.91. The standard InChI is InChI=1S/C12H21N3/c1-4-12-11(8-15(3)14-12)7-13-9(2)10-5-6-10/h8-10,13H,4-7H2,1-3H3. The third-order valence-electron chi connectivity index (χ3n) is 3.27. The van der Waals surface area contributed by atoms with Gasteiger partial charge in [-0.3, -0.25) is 4.68 Å². The molecular weight excluding hydrogens is 186 g/mol. The van der Waals surface area contributed by atoms with Crippen molar-refractivity contribution in [1.29, 1.82) is 0 Å². The summed E-state index contributed by atoms with van der Waals surface area (Å²) in [5.41, 5.74) is 2.58. The van der Waals surface area contributed by atoms with E-state index in [4.69, 9.17) is 0 Å². The van der Waals surface area contributed by atoms with E-state index >= 15 is 0 Å². The highest BCUT2D eigenvalue weighted by Gasteiger charge is 2.27. The summed E-state index contributed by atoms with van der Waals surface area (Å²) in [5, 5.41) is 8.04. The molecule has 0 saturated heterocycles. The van der Waals surface area contributed by atoms with Crippen molar-refractivity contribution in [1.82, 2.24) is 15.1 Å². The Morgan fingerprint density at radius 2 is 2.33 bits per heavy atom. The molecule has 0 amide bonds. The molecule has 3 heteroatoms. The molecule has 0 radical (unpaired) electrons. The van der Waals surface area contributed by atoms with Gasteiger partial charge in [0.2, 0.25) is 0 Å². The van der Waals surface area contributed by atoms with Gasteiger partial charge in [-0.15, -0.1) is 0 Å². The molecule has 1 N–H and O–H groups in total. The fourth-order valence-electron chi connectivity index (χ4n) is 2.06. The third kappa shape index (κ3) is 2.59. The summed E-state index contributed by atoms with van der Waals surface area (Å²) in [7, 11) is 1.99. The molecule has 0 aliphatic heterocycles. The Morgan fingerprint density at radius 1 is 1.60 bits per heavy atom. The number of nitrogens with zero attached hydrogens (tertiary/aromatic N) is 2. The Balaban J connectivity index is 1.91. The first kappa shape index (κ1) is 10.7. The maximum atomic E-state index is 4.44. The number of aryl methyl sites for hydroxylation is 2. The second kappa shape index (κ2) is 4.35. The zero-order chi connectivity index (χ0) is 10.8. The Labute approximate surface area is 91.9 Å². The van der Waals surface area contributed by atoms with Gasteiger partial charge in [-0.05, 0) is 32.1 Å². The zero-order valence-electron chi connectivity index (χ0n) is 9.95. The van der Waals surface area contributed by atoms with Crippen LogP contribution in [-0.4, -0.2) is 15.8 Å². The highest BCUT2D eigenvalue weighted by molar-refractivity contribution is 5.16. The van der Waals surface area contributed by atoms with E-state index in [2.05, 4.69) is 30.5 Å². The van der Waals surface area contributed by atoms with Crippen molar-refractivity contribution in [3.63, 3.8) is 0 Å². The monoisotopic (exact) mass is 207 g/mol. The van der Waals surface area contributed by atoms with E-state index in [1.54, 1.807) is 0 Å². The van der Waals surface area contributed by atoms with Crippen LogP contribution in [-0.2, 0) is 20.0 Å². The van der Waals surface area contributed by atoms with Crippen molar-refractivity contribution in [2.45, 2.75) is 45.7 Å². The largest absolute Gasteiger partial charge is 0.310 e. The molecule has 0 aromatic carbocycles. The molecule has 0 bridgehead atoms. The quantitative estimate of drug-likeness (QED) is 0.799. The predicted octanol–water partition coefficient (Wildman–Crippen LogP) is 1.87. The molecule has 2 rings (SSSR count). The van der Waals surface area contributed by atoms with Crippen molar-refractivity contribution in [2.75, 3.05) is 0 Å². The number of nitrogens with one attached hydrogen (secondary N) is 1. The van der Waals surface area contributed by atoms with E-state index < -0.39 is 0 Å². The molecule has 3 nitrogen and oxygen atoms in total. The highest BCUT2D eigenvalue weighted by atomic mass is 15.3. The SMILES string of the molecule is CCc1nn(C)cc1CNC(C)C1CC1. The lowest BCUT2D eigenvalue weighted by molar-refractivity contribution is 0.495. The molecule has 1 heterocycles. The first-order valence-electron chi connectivity index (χ1n) is 5.95. The molecule has 1 aliphatic rings. The highest BCUT2D eigenvalue weighted by Crippen LogP contribution is 2.32. The van der Waals surface area contributed by atoms with Crippen molar-refractivity contribution >= 4 is 0 Å². The molecule has 84 valence electrons. The first-order valence-corrected chi connectivity index (χ1v) is 5.95. The lowest BCUT2D eigenvalue weighted by Gasteiger charge is -2.11. The fourth-order valence-corrected chi connectivity index (χ4v) is 2.06. The van der Waals surface area contributed by atoms with E-state index in [0.717, 1.165) is 18.9 Å². The van der Waals surface area contributed by atoms with Gasteiger partial charge in [-0.25, -0.2) is 0 Å². The maximum absolute atomic E-state index is 4.44. The van der Waals surface area contributed by atoms with Gasteiger partial charge in [-0.2, -0.15) is 5.10 Å². The van der Waals surface area contributed by atoms with E-state index in [-0.39, 0.29) is 0 Å². The minimum Gasteiger partial charge on any atom is -0.310 e. The van der Waals surface area contributed by atoms with Gasteiger partial charge in [0.25, 0.3) is 0 Å². The summed E-state index contributed by atoms with van der Waals surface area (Å²) in [5.74, 6) is 0.923. The molecule has 1 fully saturated rings. The van der Waals surface area contributed by atoms with Gasteiger partial charge < -0.3 is 5.32 Å². The van der Waals surface area contributed by atoms with E-state index in [1.807, 2.05) is 11.7 Å². The zero-order valence-corrected chi connectivity index (χ0v) is 9.95. The Kier molecular flexibility index (Phi) is 3.10. The van der Waals surface area contributed by atoms with Crippen LogP contribution >= 0.6 is 0 Å². The molecule has 15 heavy (non-hydrogen) atoms. The first-order chi connectivity index (χ1) is 7.20. The number of aromatic nitrogens is 2. The predicted molar refractivity (Wildman–Crippen MR) is 61.6 cm³/mol. The van der Waals surface area contributed by atoms with Gasteiger partial charge in [0.15, 0.2) is 0 Å². The summed E-state index contributed by atoms with van der Waals surface area (Å²) in [6.45, 7) is 5.42. The van der Waals surface area contributed by atoms with Crippen molar-refractivity contribution in [3.05, 3.63) is 17.5 Å². The van der Waals surface area contributed by atoms with Crippen LogP contribution in [0, 0.1) is 5.92 Å². The Morgan fingerprint density at radius 3 is 2.93 bits per heavy atom. The van der Waals surface area contributed by atoms with Gasteiger partial charge >= 0.3 is 0 Å². The second-order valence-electron chi connectivity index (χ2n) is 4.64. The van der Waals surface area contributed by atoms with Crippen LogP contribution in [0.2, 0.25) is 0 Å². The Bertz CT molecular complexity index is 326. The van der Waals surface area contributed by atoms with Crippen molar-refractivity contribution < 1.29 is 0 Å². The Hall–Kier alpha value is -0.830. The van der Waals surface area contributed by atoms with Crippen LogP contribution in [0.4, 0.5) is 0 Å². The van der Waals surface area contributed by atoms with Gasteiger partial charge in [-0.1, -0.05) is 6.92 Å². The molecule has 1 aliphatic carbocycles. The second-order valence-corrected chi connectivity index (χ2v) is 4.64. The third-order valence-corrected chi connectivity index (χ3v) is 3.27.